The van der Waals surface area contributed by atoms with E-state index in [0.29, 0.717) is 11.5 Å². The van der Waals surface area contributed by atoms with Crippen molar-refractivity contribution in [1.29, 1.82) is 0 Å². The first-order chi connectivity index (χ1) is 8.87. The van der Waals surface area contributed by atoms with Gasteiger partial charge in [-0.2, -0.15) is 0 Å². The van der Waals surface area contributed by atoms with Crippen LogP contribution >= 0.6 is 0 Å². The summed E-state index contributed by atoms with van der Waals surface area (Å²) < 4.78 is 6.03. The molecular weight excluding hydrogens is 222 g/mol. The molecule has 18 heavy (non-hydrogen) atoms. The van der Waals surface area contributed by atoms with Crippen molar-refractivity contribution in [1.82, 2.24) is 5.32 Å². The van der Waals surface area contributed by atoms with E-state index < -0.39 is 0 Å². The standard InChI is InChI=1S/C16H25NO/c1-5-16(6-1)14(12-4-7-18-15(12)16)17-13-9-10-2-3-11(13)8-10/h10-15,17H,1-9H2/t10-,11+,12?,13+,14?,15?/m1/s1. The first-order valence-electron chi connectivity index (χ1n) is 8.24. The van der Waals surface area contributed by atoms with E-state index in [1.165, 1.54) is 51.4 Å². The summed E-state index contributed by atoms with van der Waals surface area (Å²) in [6.07, 6.45) is 12.3. The summed E-state index contributed by atoms with van der Waals surface area (Å²) in [5.74, 6) is 2.96. The molecule has 5 aliphatic rings. The maximum absolute atomic E-state index is 6.03. The SMILES string of the molecule is C1CC2(C1)C(N[C@H]1C[C@@H]3CC[C@H]1C3)C1CCOC12. The van der Waals surface area contributed by atoms with E-state index in [9.17, 15) is 0 Å². The van der Waals surface area contributed by atoms with Crippen LogP contribution in [0.1, 0.15) is 51.4 Å². The van der Waals surface area contributed by atoms with Crippen LogP contribution in [0.2, 0.25) is 0 Å². The van der Waals surface area contributed by atoms with Crippen LogP contribution in [0.15, 0.2) is 0 Å². The molecule has 1 heterocycles. The number of fused-ring (bicyclic) bond motifs is 4. The van der Waals surface area contributed by atoms with Gasteiger partial charge < -0.3 is 10.1 Å². The second-order valence-corrected chi connectivity index (χ2v) is 7.76. The van der Waals surface area contributed by atoms with Gasteiger partial charge in [0, 0.05) is 30.0 Å². The largest absolute Gasteiger partial charge is 0.377 e. The number of hydrogen-bond acceptors (Lipinski definition) is 2. The van der Waals surface area contributed by atoms with E-state index in [-0.39, 0.29) is 0 Å². The molecule has 0 radical (unpaired) electrons. The first-order valence-corrected chi connectivity index (χ1v) is 8.24. The number of nitrogens with one attached hydrogen (secondary N) is 1. The third-order valence-corrected chi connectivity index (χ3v) is 7.17. The molecule has 6 atom stereocenters. The first kappa shape index (κ1) is 10.7. The average molecular weight is 247 g/mol. The van der Waals surface area contributed by atoms with Crippen molar-refractivity contribution in [2.75, 3.05) is 6.61 Å². The van der Waals surface area contributed by atoms with Gasteiger partial charge in [0.25, 0.3) is 0 Å². The summed E-state index contributed by atoms with van der Waals surface area (Å²) in [6.45, 7) is 1.03. The minimum atomic E-state index is 0.586. The molecule has 2 heteroatoms. The van der Waals surface area contributed by atoms with Crippen LogP contribution in [0, 0.1) is 23.2 Å². The number of rotatable bonds is 2. The Kier molecular flexibility index (Phi) is 2.09. The smallest absolute Gasteiger partial charge is 0.0690 e. The number of ether oxygens (including phenoxy) is 1. The zero-order valence-electron chi connectivity index (χ0n) is 11.2. The van der Waals surface area contributed by atoms with Gasteiger partial charge in [-0.05, 0) is 50.4 Å². The van der Waals surface area contributed by atoms with Crippen LogP contribution < -0.4 is 5.32 Å². The minimum absolute atomic E-state index is 0.586. The van der Waals surface area contributed by atoms with Gasteiger partial charge in [-0.1, -0.05) is 12.8 Å². The summed E-state index contributed by atoms with van der Waals surface area (Å²) in [5, 5.41) is 4.13. The van der Waals surface area contributed by atoms with Gasteiger partial charge in [0.05, 0.1) is 6.10 Å². The Morgan fingerprint density at radius 1 is 1.06 bits per heavy atom. The predicted molar refractivity (Wildman–Crippen MR) is 70.3 cm³/mol. The molecular formula is C16H25NO. The summed E-state index contributed by atoms with van der Waals surface area (Å²) in [7, 11) is 0. The van der Waals surface area contributed by atoms with Gasteiger partial charge in [0.2, 0.25) is 0 Å². The van der Waals surface area contributed by atoms with Crippen LogP contribution in [-0.4, -0.2) is 24.8 Å². The second-order valence-electron chi connectivity index (χ2n) is 7.76. The molecule has 1 spiro atoms. The van der Waals surface area contributed by atoms with Crippen molar-refractivity contribution in [3.8, 4) is 0 Å². The molecule has 3 unspecified atom stereocenters. The quantitative estimate of drug-likeness (QED) is 0.810. The van der Waals surface area contributed by atoms with E-state index in [1.807, 2.05) is 0 Å². The van der Waals surface area contributed by atoms with Crippen molar-refractivity contribution in [3.63, 3.8) is 0 Å². The van der Waals surface area contributed by atoms with Gasteiger partial charge in [-0.25, -0.2) is 0 Å². The molecule has 2 nitrogen and oxygen atoms in total. The summed E-state index contributed by atoms with van der Waals surface area (Å²) in [5.41, 5.74) is 0.586. The molecule has 2 bridgehead atoms. The van der Waals surface area contributed by atoms with Gasteiger partial charge in [0.15, 0.2) is 0 Å². The fourth-order valence-electron chi connectivity index (χ4n) is 6.17. The molecule has 0 aromatic rings. The highest BCUT2D eigenvalue weighted by molar-refractivity contribution is 5.19. The third kappa shape index (κ3) is 1.17. The Hall–Kier alpha value is -0.0800. The maximum atomic E-state index is 6.03. The van der Waals surface area contributed by atoms with Crippen LogP contribution in [0.4, 0.5) is 0 Å². The summed E-state index contributed by atoms with van der Waals surface area (Å²) in [4.78, 5) is 0. The van der Waals surface area contributed by atoms with Crippen molar-refractivity contribution in [3.05, 3.63) is 0 Å². The van der Waals surface area contributed by atoms with E-state index in [1.54, 1.807) is 0 Å². The van der Waals surface area contributed by atoms with Crippen LogP contribution in [0.3, 0.4) is 0 Å². The fourth-order valence-corrected chi connectivity index (χ4v) is 6.17. The van der Waals surface area contributed by atoms with E-state index >= 15 is 0 Å². The third-order valence-electron chi connectivity index (χ3n) is 7.17. The highest BCUT2D eigenvalue weighted by Crippen LogP contribution is 2.63. The lowest BCUT2D eigenvalue weighted by Gasteiger charge is -2.64. The Morgan fingerprint density at radius 2 is 2.00 bits per heavy atom. The normalized spacial score (nSPS) is 55.3. The molecule has 4 aliphatic carbocycles. The van der Waals surface area contributed by atoms with Crippen molar-refractivity contribution in [2.45, 2.75) is 69.6 Å². The van der Waals surface area contributed by atoms with Crippen LogP contribution in [0.25, 0.3) is 0 Å². The van der Waals surface area contributed by atoms with Crippen molar-refractivity contribution < 1.29 is 4.74 Å². The highest BCUT2D eigenvalue weighted by Gasteiger charge is 2.66. The van der Waals surface area contributed by atoms with Gasteiger partial charge in [-0.3, -0.25) is 0 Å². The molecule has 0 amide bonds. The maximum Gasteiger partial charge on any atom is 0.0690 e. The van der Waals surface area contributed by atoms with Gasteiger partial charge >= 0.3 is 0 Å². The van der Waals surface area contributed by atoms with Crippen LogP contribution in [0.5, 0.6) is 0 Å². The zero-order valence-corrected chi connectivity index (χ0v) is 11.2. The molecule has 5 rings (SSSR count). The Morgan fingerprint density at radius 3 is 2.67 bits per heavy atom. The zero-order chi connectivity index (χ0) is 11.7. The van der Waals surface area contributed by atoms with Gasteiger partial charge in [0.1, 0.15) is 0 Å². The fraction of sp³-hybridized carbons (Fsp3) is 1.00. The molecule has 0 aromatic carbocycles. The molecule has 1 saturated heterocycles. The summed E-state index contributed by atoms with van der Waals surface area (Å²) >= 11 is 0. The van der Waals surface area contributed by atoms with Crippen LogP contribution in [-0.2, 0) is 4.74 Å². The average Bonchev–Trinajstić information content (AvgIpc) is 2.97. The number of hydrogen-bond donors (Lipinski definition) is 1. The minimum Gasteiger partial charge on any atom is -0.377 e. The molecule has 4 saturated carbocycles. The highest BCUT2D eigenvalue weighted by atomic mass is 16.5. The van der Waals surface area contributed by atoms with Crippen molar-refractivity contribution in [2.24, 2.45) is 23.2 Å². The Bertz CT molecular complexity index is 364. The van der Waals surface area contributed by atoms with E-state index in [0.717, 1.165) is 36.4 Å². The lowest BCUT2D eigenvalue weighted by molar-refractivity contribution is -0.179. The van der Waals surface area contributed by atoms with Gasteiger partial charge in [-0.15, -0.1) is 0 Å². The second kappa shape index (κ2) is 3.52. The lowest BCUT2D eigenvalue weighted by Crippen LogP contribution is -2.72. The van der Waals surface area contributed by atoms with Crippen molar-refractivity contribution >= 4 is 0 Å². The molecule has 1 aliphatic heterocycles. The van der Waals surface area contributed by atoms with E-state index in [4.69, 9.17) is 4.74 Å². The van der Waals surface area contributed by atoms with E-state index in [2.05, 4.69) is 5.32 Å². The summed E-state index contributed by atoms with van der Waals surface area (Å²) in [6, 6.07) is 1.69. The lowest BCUT2D eigenvalue weighted by atomic mass is 9.46. The Balaban J connectivity index is 1.34. The monoisotopic (exact) mass is 247 g/mol. The molecule has 1 N–H and O–H groups in total. The Labute approximate surface area is 110 Å². The molecule has 100 valence electrons. The molecule has 0 aromatic heterocycles. The molecule has 5 fully saturated rings. The predicted octanol–water partition coefficient (Wildman–Crippen LogP) is 2.72. The topological polar surface area (TPSA) is 21.3 Å².